The molecular formula is C14H10BrFN2S. The molecule has 5 heteroatoms. The molecule has 2 aromatic carbocycles. The minimum Gasteiger partial charge on any atom is -0.330 e. The Balaban J connectivity index is 2.38. The number of aryl methyl sites for hydroxylation is 1. The molecule has 0 unspecified atom stereocenters. The molecule has 0 saturated heterocycles. The largest absolute Gasteiger partial charge is 0.330 e. The van der Waals surface area contributed by atoms with Crippen LogP contribution in [0.1, 0.15) is 5.56 Å². The summed E-state index contributed by atoms with van der Waals surface area (Å²) in [6.45, 7) is 2.03. The summed E-state index contributed by atoms with van der Waals surface area (Å²) in [4.78, 5) is 3.16. The normalized spacial score (nSPS) is 11.1. The van der Waals surface area contributed by atoms with E-state index in [4.69, 9.17) is 12.2 Å². The third-order valence-corrected chi connectivity index (χ3v) is 3.91. The fourth-order valence-corrected chi connectivity index (χ4v) is 2.95. The Morgan fingerprint density at radius 1 is 1.21 bits per heavy atom. The summed E-state index contributed by atoms with van der Waals surface area (Å²) in [5.74, 6) is -0.279. The van der Waals surface area contributed by atoms with Crippen LogP contribution in [0.15, 0.2) is 40.9 Å². The van der Waals surface area contributed by atoms with E-state index in [1.54, 1.807) is 6.07 Å². The van der Waals surface area contributed by atoms with E-state index in [1.165, 1.54) is 12.1 Å². The lowest BCUT2D eigenvalue weighted by Gasteiger charge is -2.07. The van der Waals surface area contributed by atoms with Gasteiger partial charge >= 0.3 is 0 Å². The van der Waals surface area contributed by atoms with Gasteiger partial charge < -0.3 is 4.98 Å². The van der Waals surface area contributed by atoms with E-state index < -0.39 is 0 Å². The number of benzene rings is 2. The molecule has 0 bridgehead atoms. The van der Waals surface area contributed by atoms with Crippen molar-refractivity contribution in [3.05, 3.63) is 57.0 Å². The zero-order chi connectivity index (χ0) is 13.6. The van der Waals surface area contributed by atoms with Crippen LogP contribution in [0.3, 0.4) is 0 Å². The molecule has 1 N–H and O–H groups in total. The number of halogens is 2. The fraction of sp³-hybridized carbons (Fsp3) is 0.0714. The summed E-state index contributed by atoms with van der Waals surface area (Å²) in [5.41, 5.74) is 3.92. The molecule has 3 aromatic rings. The molecule has 0 fully saturated rings. The van der Waals surface area contributed by atoms with Crippen LogP contribution in [0, 0.1) is 17.5 Å². The number of fused-ring (bicyclic) bond motifs is 1. The van der Waals surface area contributed by atoms with Gasteiger partial charge in [-0.15, -0.1) is 0 Å². The lowest BCUT2D eigenvalue weighted by molar-refractivity contribution is 0.626. The number of rotatable bonds is 1. The van der Waals surface area contributed by atoms with Crippen molar-refractivity contribution in [2.75, 3.05) is 0 Å². The Kier molecular flexibility index (Phi) is 3.03. The van der Waals surface area contributed by atoms with Crippen LogP contribution in [0.5, 0.6) is 0 Å². The molecule has 96 valence electrons. The van der Waals surface area contributed by atoms with E-state index in [-0.39, 0.29) is 5.82 Å². The van der Waals surface area contributed by atoms with Gasteiger partial charge in [0.15, 0.2) is 4.77 Å². The van der Waals surface area contributed by atoms with Gasteiger partial charge in [-0.05, 0) is 71.0 Å². The quantitative estimate of drug-likeness (QED) is 0.627. The summed E-state index contributed by atoms with van der Waals surface area (Å²) in [6, 6.07) is 10.6. The maximum absolute atomic E-state index is 13.2. The van der Waals surface area contributed by atoms with Gasteiger partial charge in [0.2, 0.25) is 0 Å². The first-order chi connectivity index (χ1) is 9.06. The highest BCUT2D eigenvalue weighted by Crippen LogP contribution is 2.27. The first-order valence-electron chi connectivity index (χ1n) is 5.73. The second kappa shape index (κ2) is 4.58. The number of hydrogen-bond donors (Lipinski definition) is 1. The molecule has 0 atom stereocenters. The predicted molar refractivity (Wildman–Crippen MR) is 80.9 cm³/mol. The first kappa shape index (κ1) is 12.6. The smallest absolute Gasteiger partial charge is 0.182 e. The molecular weight excluding hydrogens is 327 g/mol. The lowest BCUT2D eigenvalue weighted by Crippen LogP contribution is -1.96. The summed E-state index contributed by atoms with van der Waals surface area (Å²) in [7, 11) is 0. The number of nitrogens with zero attached hydrogens (tertiary/aromatic N) is 1. The van der Waals surface area contributed by atoms with Gasteiger partial charge in [-0.3, -0.25) is 4.57 Å². The first-order valence-corrected chi connectivity index (χ1v) is 6.93. The average Bonchev–Trinajstić information content (AvgIpc) is 2.65. The monoisotopic (exact) mass is 336 g/mol. The van der Waals surface area contributed by atoms with Crippen molar-refractivity contribution in [3.8, 4) is 5.69 Å². The highest BCUT2D eigenvalue weighted by Gasteiger charge is 2.10. The minimum absolute atomic E-state index is 0.279. The van der Waals surface area contributed by atoms with Crippen molar-refractivity contribution < 1.29 is 4.39 Å². The standard InChI is InChI=1S/C14H10BrFN2S/c1-8-2-4-11-13(6-8)18(14(19)17-11)12-5-3-9(16)7-10(12)15/h2-7H,1H3,(H,17,19). The van der Waals surface area contributed by atoms with E-state index in [2.05, 4.69) is 27.0 Å². The Morgan fingerprint density at radius 2 is 2.00 bits per heavy atom. The maximum Gasteiger partial charge on any atom is 0.182 e. The number of nitrogens with one attached hydrogen (secondary N) is 1. The number of aromatic amines is 1. The molecule has 0 aliphatic rings. The van der Waals surface area contributed by atoms with E-state index >= 15 is 0 Å². The predicted octanol–water partition coefficient (Wildman–Crippen LogP) is 4.90. The third-order valence-electron chi connectivity index (χ3n) is 2.99. The van der Waals surface area contributed by atoms with Crippen molar-refractivity contribution in [2.45, 2.75) is 6.92 Å². The van der Waals surface area contributed by atoms with Crippen molar-refractivity contribution in [1.82, 2.24) is 9.55 Å². The van der Waals surface area contributed by atoms with Gasteiger partial charge in [-0.1, -0.05) is 6.07 Å². The molecule has 0 aliphatic heterocycles. The van der Waals surface area contributed by atoms with Gasteiger partial charge in [-0.2, -0.15) is 0 Å². The van der Waals surface area contributed by atoms with Crippen molar-refractivity contribution in [3.63, 3.8) is 0 Å². The maximum atomic E-state index is 13.2. The molecule has 1 aromatic heterocycles. The Bertz CT molecular complexity index is 835. The van der Waals surface area contributed by atoms with E-state index in [0.29, 0.717) is 9.24 Å². The third kappa shape index (κ3) is 2.13. The topological polar surface area (TPSA) is 20.7 Å². The van der Waals surface area contributed by atoms with Gasteiger partial charge in [0.05, 0.1) is 16.7 Å². The fourth-order valence-electron chi connectivity index (χ4n) is 2.11. The van der Waals surface area contributed by atoms with E-state index in [9.17, 15) is 4.39 Å². The van der Waals surface area contributed by atoms with Crippen molar-refractivity contribution in [2.24, 2.45) is 0 Å². The van der Waals surface area contributed by atoms with Crippen LogP contribution in [-0.4, -0.2) is 9.55 Å². The zero-order valence-electron chi connectivity index (χ0n) is 10.1. The van der Waals surface area contributed by atoms with E-state index in [0.717, 1.165) is 22.3 Å². The molecule has 0 saturated carbocycles. The summed E-state index contributed by atoms with van der Waals surface area (Å²) < 4.78 is 16.4. The van der Waals surface area contributed by atoms with Crippen LogP contribution in [0.4, 0.5) is 4.39 Å². The van der Waals surface area contributed by atoms with Crippen LogP contribution in [-0.2, 0) is 0 Å². The Morgan fingerprint density at radius 3 is 2.74 bits per heavy atom. The highest BCUT2D eigenvalue weighted by molar-refractivity contribution is 9.10. The summed E-state index contributed by atoms with van der Waals surface area (Å²) in [5, 5.41) is 0. The van der Waals surface area contributed by atoms with Gasteiger partial charge in [0, 0.05) is 4.47 Å². The lowest BCUT2D eigenvalue weighted by atomic mass is 10.2. The molecule has 0 radical (unpaired) electrons. The number of imidazole rings is 1. The molecule has 19 heavy (non-hydrogen) atoms. The van der Waals surface area contributed by atoms with E-state index in [1.807, 2.05) is 23.6 Å². The van der Waals surface area contributed by atoms with Crippen molar-refractivity contribution in [1.29, 1.82) is 0 Å². The summed E-state index contributed by atoms with van der Waals surface area (Å²) in [6.07, 6.45) is 0. The average molecular weight is 337 g/mol. The number of hydrogen-bond acceptors (Lipinski definition) is 1. The Labute approximate surface area is 123 Å². The van der Waals surface area contributed by atoms with Crippen LogP contribution >= 0.6 is 28.1 Å². The van der Waals surface area contributed by atoms with Gasteiger partial charge in [-0.25, -0.2) is 4.39 Å². The van der Waals surface area contributed by atoms with Gasteiger partial charge in [0.1, 0.15) is 5.82 Å². The SMILES string of the molecule is Cc1ccc2[nH]c(=S)n(-c3ccc(F)cc3Br)c2c1. The molecule has 0 spiro atoms. The Hall–Kier alpha value is -1.46. The minimum atomic E-state index is -0.279. The highest BCUT2D eigenvalue weighted by atomic mass is 79.9. The van der Waals surface area contributed by atoms with Crippen LogP contribution in [0.2, 0.25) is 0 Å². The second-order valence-corrected chi connectivity index (χ2v) is 5.62. The number of aromatic nitrogens is 2. The molecule has 1 heterocycles. The van der Waals surface area contributed by atoms with Crippen LogP contribution in [0.25, 0.3) is 16.7 Å². The zero-order valence-corrected chi connectivity index (χ0v) is 12.5. The van der Waals surface area contributed by atoms with Crippen LogP contribution < -0.4 is 0 Å². The molecule has 3 rings (SSSR count). The molecule has 0 amide bonds. The van der Waals surface area contributed by atoms with Crippen molar-refractivity contribution >= 4 is 39.2 Å². The molecule has 2 nitrogen and oxygen atoms in total. The number of H-pyrrole nitrogens is 1. The molecule has 0 aliphatic carbocycles. The second-order valence-electron chi connectivity index (χ2n) is 4.38. The van der Waals surface area contributed by atoms with Gasteiger partial charge in [0.25, 0.3) is 0 Å². The summed E-state index contributed by atoms with van der Waals surface area (Å²) >= 11 is 8.75.